The number of nitrogens with zero attached hydrogens (tertiary/aromatic N) is 2. The Hall–Kier alpha value is -1.35. The van der Waals surface area contributed by atoms with Gasteiger partial charge in [0, 0.05) is 6.42 Å². The van der Waals surface area contributed by atoms with Crippen molar-refractivity contribution < 1.29 is 5.11 Å². The van der Waals surface area contributed by atoms with Gasteiger partial charge in [0.2, 0.25) is 0 Å². The largest absolute Gasteiger partial charge is 0.391 e. The molecule has 96 valence electrons. The molecule has 1 aliphatic carbocycles. The van der Waals surface area contributed by atoms with E-state index in [4.69, 9.17) is 4.98 Å². The number of benzene rings is 1. The summed E-state index contributed by atoms with van der Waals surface area (Å²) in [5.41, 5.74) is 2.23. The van der Waals surface area contributed by atoms with Gasteiger partial charge in [-0.25, -0.2) is 4.98 Å². The van der Waals surface area contributed by atoms with Crippen molar-refractivity contribution in [1.29, 1.82) is 0 Å². The number of aromatic nitrogens is 2. The number of rotatable bonds is 3. The molecule has 0 bridgehead atoms. The highest BCUT2D eigenvalue weighted by molar-refractivity contribution is 5.76. The molecule has 1 heterocycles. The van der Waals surface area contributed by atoms with E-state index in [0.717, 1.165) is 43.4 Å². The summed E-state index contributed by atoms with van der Waals surface area (Å²) in [6, 6.07) is 8.48. The predicted molar refractivity (Wildman–Crippen MR) is 72.6 cm³/mol. The van der Waals surface area contributed by atoms with Gasteiger partial charge in [0.25, 0.3) is 0 Å². The average molecular weight is 244 g/mol. The molecule has 1 aromatic carbocycles. The van der Waals surface area contributed by atoms with Crippen LogP contribution in [0.3, 0.4) is 0 Å². The van der Waals surface area contributed by atoms with Gasteiger partial charge in [0.05, 0.1) is 23.2 Å². The Balaban J connectivity index is 2.14. The summed E-state index contributed by atoms with van der Waals surface area (Å²) in [7, 11) is 0. The summed E-state index contributed by atoms with van der Waals surface area (Å²) in [5.74, 6) is 1.13. The molecule has 0 radical (unpaired) electrons. The molecule has 1 N–H and O–H groups in total. The molecule has 1 fully saturated rings. The van der Waals surface area contributed by atoms with Crippen molar-refractivity contribution in [3.63, 3.8) is 0 Å². The standard InChI is InChI=1S/C15H20N2O/c1-2-6-15-16-11-7-3-4-8-12(11)17(15)13-9-5-10-14(13)18/h3-4,7-8,13-14,18H,2,5-6,9-10H2,1H3/t13-,14-/m0/s1. The molecule has 1 aliphatic rings. The fourth-order valence-corrected chi connectivity index (χ4v) is 3.09. The van der Waals surface area contributed by atoms with Gasteiger partial charge < -0.3 is 9.67 Å². The summed E-state index contributed by atoms with van der Waals surface area (Å²) in [6.45, 7) is 2.18. The Bertz CT molecular complexity index is 546. The van der Waals surface area contributed by atoms with E-state index in [2.05, 4.69) is 29.7 Å². The van der Waals surface area contributed by atoms with Crippen molar-refractivity contribution in [3.8, 4) is 0 Å². The smallest absolute Gasteiger partial charge is 0.110 e. The SMILES string of the molecule is CCCc1nc2ccccc2n1[C@H]1CCC[C@@H]1O. The van der Waals surface area contributed by atoms with Gasteiger partial charge in [-0.2, -0.15) is 0 Å². The molecule has 2 atom stereocenters. The zero-order chi connectivity index (χ0) is 12.5. The third kappa shape index (κ3) is 1.83. The molecule has 0 aliphatic heterocycles. The zero-order valence-corrected chi connectivity index (χ0v) is 10.8. The summed E-state index contributed by atoms with van der Waals surface area (Å²) in [5, 5.41) is 10.2. The molecule has 18 heavy (non-hydrogen) atoms. The van der Waals surface area contributed by atoms with Crippen molar-refractivity contribution >= 4 is 11.0 Å². The first kappa shape index (κ1) is 11.7. The van der Waals surface area contributed by atoms with Crippen LogP contribution in [0, 0.1) is 0 Å². The molecule has 3 nitrogen and oxygen atoms in total. The maximum atomic E-state index is 10.2. The Morgan fingerprint density at radius 2 is 2.17 bits per heavy atom. The Morgan fingerprint density at radius 3 is 2.89 bits per heavy atom. The van der Waals surface area contributed by atoms with Crippen LogP contribution in [-0.4, -0.2) is 20.8 Å². The predicted octanol–water partition coefficient (Wildman–Crippen LogP) is 3.07. The summed E-state index contributed by atoms with van der Waals surface area (Å²) < 4.78 is 2.29. The van der Waals surface area contributed by atoms with E-state index in [-0.39, 0.29) is 12.1 Å². The molecule has 0 unspecified atom stereocenters. The number of para-hydroxylation sites is 2. The number of fused-ring (bicyclic) bond motifs is 1. The molecule has 0 saturated heterocycles. The zero-order valence-electron chi connectivity index (χ0n) is 10.8. The summed E-state index contributed by atoms with van der Waals surface area (Å²) in [6.07, 6.45) is 4.97. The van der Waals surface area contributed by atoms with Gasteiger partial charge >= 0.3 is 0 Å². The van der Waals surface area contributed by atoms with Crippen LogP contribution in [0.2, 0.25) is 0 Å². The summed E-state index contributed by atoms with van der Waals surface area (Å²) >= 11 is 0. The maximum Gasteiger partial charge on any atom is 0.110 e. The van der Waals surface area contributed by atoms with E-state index < -0.39 is 0 Å². The number of aryl methyl sites for hydroxylation is 1. The maximum absolute atomic E-state index is 10.2. The average Bonchev–Trinajstić information content (AvgIpc) is 2.93. The lowest BCUT2D eigenvalue weighted by molar-refractivity contribution is 0.137. The third-order valence-corrected chi connectivity index (χ3v) is 3.92. The Labute approximate surface area is 107 Å². The van der Waals surface area contributed by atoms with Crippen LogP contribution in [0.15, 0.2) is 24.3 Å². The van der Waals surface area contributed by atoms with Crippen molar-refractivity contribution in [2.45, 2.75) is 51.2 Å². The topological polar surface area (TPSA) is 38.0 Å². The second kappa shape index (κ2) is 4.73. The molecule has 0 amide bonds. The van der Waals surface area contributed by atoms with Crippen LogP contribution >= 0.6 is 0 Å². The van der Waals surface area contributed by atoms with Crippen LogP contribution in [0.25, 0.3) is 11.0 Å². The lowest BCUT2D eigenvalue weighted by Crippen LogP contribution is -2.20. The fraction of sp³-hybridized carbons (Fsp3) is 0.533. The van der Waals surface area contributed by atoms with Crippen LogP contribution < -0.4 is 0 Å². The van der Waals surface area contributed by atoms with Crippen molar-refractivity contribution in [3.05, 3.63) is 30.1 Å². The van der Waals surface area contributed by atoms with Gasteiger partial charge in [-0.1, -0.05) is 19.1 Å². The van der Waals surface area contributed by atoms with Gasteiger partial charge in [0.15, 0.2) is 0 Å². The van der Waals surface area contributed by atoms with Crippen molar-refractivity contribution in [1.82, 2.24) is 9.55 Å². The lowest BCUT2D eigenvalue weighted by atomic mass is 10.2. The van der Waals surface area contributed by atoms with E-state index in [9.17, 15) is 5.11 Å². The first-order valence-electron chi connectivity index (χ1n) is 6.95. The first-order chi connectivity index (χ1) is 8.81. The number of hydrogen-bond acceptors (Lipinski definition) is 2. The lowest BCUT2D eigenvalue weighted by Gasteiger charge is -2.20. The number of imidazole rings is 1. The van der Waals surface area contributed by atoms with E-state index in [0.29, 0.717) is 0 Å². The minimum atomic E-state index is -0.210. The minimum Gasteiger partial charge on any atom is -0.391 e. The molecule has 2 aromatic rings. The number of hydrogen-bond donors (Lipinski definition) is 1. The van der Waals surface area contributed by atoms with Crippen molar-refractivity contribution in [2.24, 2.45) is 0 Å². The van der Waals surface area contributed by atoms with Gasteiger partial charge in [-0.3, -0.25) is 0 Å². The van der Waals surface area contributed by atoms with E-state index in [1.807, 2.05) is 6.07 Å². The monoisotopic (exact) mass is 244 g/mol. The van der Waals surface area contributed by atoms with E-state index in [1.165, 1.54) is 5.52 Å². The molecule has 1 aromatic heterocycles. The highest BCUT2D eigenvalue weighted by Crippen LogP contribution is 2.34. The second-order valence-electron chi connectivity index (χ2n) is 5.20. The Morgan fingerprint density at radius 1 is 1.33 bits per heavy atom. The fourth-order valence-electron chi connectivity index (χ4n) is 3.09. The second-order valence-corrected chi connectivity index (χ2v) is 5.20. The highest BCUT2D eigenvalue weighted by Gasteiger charge is 2.29. The van der Waals surface area contributed by atoms with E-state index >= 15 is 0 Å². The van der Waals surface area contributed by atoms with Crippen molar-refractivity contribution in [2.75, 3.05) is 0 Å². The minimum absolute atomic E-state index is 0.210. The van der Waals surface area contributed by atoms with Crippen LogP contribution in [0.4, 0.5) is 0 Å². The normalized spacial score (nSPS) is 23.9. The molecular weight excluding hydrogens is 224 g/mol. The van der Waals surface area contributed by atoms with Gasteiger partial charge in [-0.15, -0.1) is 0 Å². The number of aliphatic hydroxyl groups is 1. The Kier molecular flexibility index (Phi) is 3.08. The van der Waals surface area contributed by atoms with Gasteiger partial charge in [0.1, 0.15) is 5.82 Å². The number of aliphatic hydroxyl groups excluding tert-OH is 1. The molecule has 3 heteroatoms. The summed E-state index contributed by atoms with van der Waals surface area (Å²) in [4.78, 5) is 4.73. The quantitative estimate of drug-likeness (QED) is 0.901. The first-order valence-corrected chi connectivity index (χ1v) is 6.95. The molecule has 1 saturated carbocycles. The van der Waals surface area contributed by atoms with Crippen LogP contribution in [0.5, 0.6) is 0 Å². The molecular formula is C15H20N2O. The van der Waals surface area contributed by atoms with Crippen LogP contribution in [0.1, 0.15) is 44.5 Å². The molecule has 3 rings (SSSR count). The third-order valence-electron chi connectivity index (χ3n) is 3.92. The van der Waals surface area contributed by atoms with Crippen LogP contribution in [-0.2, 0) is 6.42 Å². The van der Waals surface area contributed by atoms with E-state index in [1.54, 1.807) is 0 Å². The highest BCUT2D eigenvalue weighted by atomic mass is 16.3. The molecule has 0 spiro atoms. The van der Waals surface area contributed by atoms with Gasteiger partial charge in [-0.05, 0) is 37.8 Å².